The monoisotopic (exact) mass is 460 g/mol. The van der Waals surface area contributed by atoms with Crippen LogP contribution in [0.25, 0.3) is 6.08 Å². The van der Waals surface area contributed by atoms with Crippen LogP contribution in [0.3, 0.4) is 0 Å². The maximum Gasteiger partial charge on any atom is 0.195 e. The fourth-order valence-corrected chi connectivity index (χ4v) is 4.45. The molecule has 0 aliphatic heterocycles. The molecule has 3 aromatic rings. The van der Waals surface area contributed by atoms with Crippen molar-refractivity contribution in [1.82, 2.24) is 0 Å². The van der Waals surface area contributed by atoms with Gasteiger partial charge in [0.15, 0.2) is 5.78 Å². The lowest BCUT2D eigenvalue weighted by molar-refractivity contribution is 0.105. The summed E-state index contributed by atoms with van der Waals surface area (Å²) in [7, 11) is 1.62. The second kappa shape index (κ2) is 9.75. The van der Waals surface area contributed by atoms with Crippen LogP contribution in [-0.4, -0.2) is 12.9 Å². The van der Waals surface area contributed by atoms with E-state index in [0.717, 1.165) is 33.7 Å². The van der Waals surface area contributed by atoms with Crippen molar-refractivity contribution in [1.29, 1.82) is 0 Å². The normalized spacial score (nSPS) is 11.1. The fourth-order valence-electron chi connectivity index (χ4n) is 2.55. The molecule has 0 aliphatic carbocycles. The molecule has 28 heavy (non-hydrogen) atoms. The van der Waals surface area contributed by atoms with E-state index >= 15 is 0 Å². The number of ether oxygens (including phenoxy) is 2. The molecular weight excluding hydrogens is 440 g/mol. The summed E-state index contributed by atoms with van der Waals surface area (Å²) in [6, 6.07) is 12.9. The number of methoxy groups -OCH3 is 1. The summed E-state index contributed by atoms with van der Waals surface area (Å²) in [5.74, 6) is 2.79. The number of furan rings is 1. The van der Waals surface area contributed by atoms with Crippen LogP contribution in [-0.2, 0) is 13.0 Å². The Labute approximate surface area is 176 Å². The standard InChI is InChI=1S/C22H21BrO4S/c1-3-4-21-19(23)13-22(28-21)20(24)12-11-17-9-10-18(27-17)14-26-16-7-5-15(25-2)6-8-16/h5-13H,3-4,14H2,1-2H3/b12-11+. The number of rotatable bonds is 9. The van der Waals surface area contributed by atoms with Crippen molar-refractivity contribution in [2.45, 2.75) is 26.4 Å². The predicted octanol–water partition coefficient (Wildman–Crippen LogP) is 6.54. The quantitative estimate of drug-likeness (QED) is 0.268. The molecule has 146 valence electrons. The maximum atomic E-state index is 12.4. The average molecular weight is 461 g/mol. The zero-order valence-corrected chi connectivity index (χ0v) is 18.1. The van der Waals surface area contributed by atoms with E-state index in [1.807, 2.05) is 42.5 Å². The number of aryl methyl sites for hydroxylation is 1. The van der Waals surface area contributed by atoms with Crippen molar-refractivity contribution in [3.63, 3.8) is 0 Å². The minimum atomic E-state index is -0.0273. The van der Waals surface area contributed by atoms with Gasteiger partial charge in [-0.2, -0.15) is 0 Å². The van der Waals surface area contributed by atoms with Crippen LogP contribution in [0.2, 0.25) is 0 Å². The summed E-state index contributed by atoms with van der Waals surface area (Å²) in [4.78, 5) is 14.3. The van der Waals surface area contributed by atoms with Crippen molar-refractivity contribution < 1.29 is 18.7 Å². The average Bonchev–Trinajstić information content (AvgIpc) is 3.32. The van der Waals surface area contributed by atoms with Crippen LogP contribution < -0.4 is 9.47 Å². The zero-order valence-electron chi connectivity index (χ0n) is 15.7. The fraction of sp³-hybridized carbons (Fsp3) is 0.227. The number of ketones is 1. The van der Waals surface area contributed by atoms with E-state index in [2.05, 4.69) is 22.9 Å². The molecule has 0 unspecified atom stereocenters. The highest BCUT2D eigenvalue weighted by molar-refractivity contribution is 9.10. The molecule has 0 saturated carbocycles. The minimum absolute atomic E-state index is 0.0273. The van der Waals surface area contributed by atoms with Gasteiger partial charge in [0.25, 0.3) is 0 Å². The van der Waals surface area contributed by atoms with Crippen LogP contribution >= 0.6 is 27.3 Å². The number of benzene rings is 1. The Morgan fingerprint density at radius 1 is 1.18 bits per heavy atom. The van der Waals surface area contributed by atoms with Crippen LogP contribution in [0.15, 0.2) is 57.4 Å². The third kappa shape index (κ3) is 5.36. The van der Waals surface area contributed by atoms with Gasteiger partial charge >= 0.3 is 0 Å². The number of thiophene rings is 1. The van der Waals surface area contributed by atoms with Gasteiger partial charge in [0.1, 0.15) is 29.6 Å². The van der Waals surface area contributed by atoms with Crippen molar-refractivity contribution in [3.8, 4) is 11.5 Å². The van der Waals surface area contributed by atoms with Crippen LogP contribution in [0.5, 0.6) is 11.5 Å². The third-order valence-corrected chi connectivity index (χ3v) is 6.18. The molecule has 0 atom stereocenters. The SMILES string of the molecule is CCCc1sc(C(=O)/C=C/c2ccc(COc3ccc(OC)cc3)o2)cc1Br. The number of hydrogen-bond donors (Lipinski definition) is 0. The molecule has 3 rings (SSSR count). The number of halogens is 1. The molecule has 0 fully saturated rings. The number of carbonyl (C=O) groups is 1. The summed E-state index contributed by atoms with van der Waals surface area (Å²) in [6.45, 7) is 2.44. The van der Waals surface area contributed by atoms with Gasteiger partial charge in [0.05, 0.1) is 12.0 Å². The molecule has 2 aromatic heterocycles. The Bertz CT molecular complexity index is 953. The van der Waals surface area contributed by atoms with Crippen LogP contribution in [0, 0.1) is 0 Å². The van der Waals surface area contributed by atoms with Crippen molar-refractivity contribution in [2.24, 2.45) is 0 Å². The second-order valence-corrected chi connectivity index (χ2v) is 8.09. The maximum absolute atomic E-state index is 12.4. The highest BCUT2D eigenvalue weighted by atomic mass is 79.9. The van der Waals surface area contributed by atoms with Crippen LogP contribution in [0.4, 0.5) is 0 Å². The minimum Gasteiger partial charge on any atom is -0.497 e. The van der Waals surface area contributed by atoms with Gasteiger partial charge in [-0.3, -0.25) is 4.79 Å². The highest BCUT2D eigenvalue weighted by Gasteiger charge is 2.11. The van der Waals surface area contributed by atoms with Crippen molar-refractivity contribution >= 4 is 39.1 Å². The van der Waals surface area contributed by atoms with E-state index in [9.17, 15) is 4.79 Å². The molecule has 0 spiro atoms. The first-order valence-electron chi connectivity index (χ1n) is 8.95. The molecule has 6 heteroatoms. The number of hydrogen-bond acceptors (Lipinski definition) is 5. The van der Waals surface area contributed by atoms with E-state index in [0.29, 0.717) is 18.1 Å². The Morgan fingerprint density at radius 3 is 2.64 bits per heavy atom. The molecule has 2 heterocycles. The van der Waals surface area contributed by atoms with Crippen molar-refractivity contribution in [3.05, 3.63) is 74.3 Å². The lowest BCUT2D eigenvalue weighted by atomic mass is 10.2. The Kier molecular flexibility index (Phi) is 7.12. The molecule has 0 saturated heterocycles. The molecule has 0 radical (unpaired) electrons. The van der Waals surface area contributed by atoms with Gasteiger partial charge < -0.3 is 13.9 Å². The van der Waals surface area contributed by atoms with Gasteiger partial charge in [-0.25, -0.2) is 0 Å². The molecule has 4 nitrogen and oxygen atoms in total. The Morgan fingerprint density at radius 2 is 1.93 bits per heavy atom. The predicted molar refractivity (Wildman–Crippen MR) is 115 cm³/mol. The van der Waals surface area contributed by atoms with E-state index in [1.165, 1.54) is 16.2 Å². The smallest absolute Gasteiger partial charge is 0.195 e. The largest absolute Gasteiger partial charge is 0.497 e. The first-order chi connectivity index (χ1) is 13.6. The van der Waals surface area contributed by atoms with E-state index < -0.39 is 0 Å². The van der Waals surface area contributed by atoms with Gasteiger partial charge in [-0.05, 0) is 77.0 Å². The first-order valence-corrected chi connectivity index (χ1v) is 10.6. The number of carbonyl (C=O) groups excluding carboxylic acids is 1. The topological polar surface area (TPSA) is 48.7 Å². The van der Waals surface area contributed by atoms with Gasteiger partial charge in [-0.15, -0.1) is 11.3 Å². The number of allylic oxidation sites excluding steroid dienone is 1. The molecular formula is C22H21BrO4S. The zero-order chi connectivity index (χ0) is 19.9. The molecule has 0 aliphatic rings. The summed E-state index contributed by atoms with van der Waals surface area (Å²) >= 11 is 5.06. The third-order valence-electron chi connectivity index (χ3n) is 4.00. The summed E-state index contributed by atoms with van der Waals surface area (Å²) in [5.41, 5.74) is 0. The second-order valence-electron chi connectivity index (χ2n) is 6.10. The van der Waals surface area contributed by atoms with Gasteiger partial charge in [-0.1, -0.05) is 13.3 Å². The first kappa shape index (κ1) is 20.4. The molecule has 1 aromatic carbocycles. The molecule has 0 bridgehead atoms. The van der Waals surface area contributed by atoms with Gasteiger partial charge in [0.2, 0.25) is 0 Å². The lowest BCUT2D eigenvalue weighted by Crippen LogP contribution is -1.93. The Balaban J connectivity index is 1.57. The lowest BCUT2D eigenvalue weighted by Gasteiger charge is -2.05. The highest BCUT2D eigenvalue weighted by Crippen LogP contribution is 2.29. The Hall–Kier alpha value is -2.31. The van der Waals surface area contributed by atoms with Crippen molar-refractivity contribution in [2.75, 3.05) is 7.11 Å². The summed E-state index contributed by atoms with van der Waals surface area (Å²) in [6.07, 6.45) is 5.25. The van der Waals surface area contributed by atoms with Gasteiger partial charge in [0, 0.05) is 9.35 Å². The van der Waals surface area contributed by atoms with Crippen LogP contribution in [0.1, 0.15) is 39.4 Å². The summed E-state index contributed by atoms with van der Waals surface area (Å²) in [5, 5.41) is 0. The molecule has 0 N–H and O–H groups in total. The summed E-state index contributed by atoms with van der Waals surface area (Å²) < 4.78 is 17.5. The van der Waals surface area contributed by atoms with E-state index in [1.54, 1.807) is 19.3 Å². The molecule has 0 amide bonds. The van der Waals surface area contributed by atoms with E-state index in [-0.39, 0.29) is 5.78 Å². The van der Waals surface area contributed by atoms with E-state index in [4.69, 9.17) is 13.9 Å².